The van der Waals surface area contributed by atoms with Crippen molar-refractivity contribution in [2.24, 2.45) is 5.14 Å². The quantitative estimate of drug-likeness (QED) is 0.570. The molecule has 0 radical (unpaired) electrons. The minimum absolute atomic E-state index is 0.155. The molecule has 0 fully saturated rings. The fourth-order valence-electron chi connectivity index (χ4n) is 1.22. The standard InChI is InChI=1S/C7H6N4O4S/c8-16(14,15)7-9-5-2-1-4(11(12)13)3-6(5)10-7/h1-3H,(H,9,10)(H2,8,14,15). The third-order valence-corrected chi connectivity index (χ3v) is 2.66. The van der Waals surface area contributed by atoms with E-state index in [9.17, 15) is 18.5 Å². The summed E-state index contributed by atoms with van der Waals surface area (Å²) in [5, 5.41) is 14.9. The average Bonchev–Trinajstić information content (AvgIpc) is 2.58. The number of nitro benzene ring substituents is 1. The minimum atomic E-state index is -3.93. The van der Waals surface area contributed by atoms with Crippen molar-refractivity contribution in [2.45, 2.75) is 5.16 Å². The Morgan fingerprint density at radius 3 is 2.69 bits per heavy atom. The fraction of sp³-hybridized carbons (Fsp3) is 0. The Morgan fingerprint density at radius 1 is 1.44 bits per heavy atom. The van der Waals surface area contributed by atoms with Gasteiger partial charge in [-0.15, -0.1) is 0 Å². The first-order valence-corrected chi connectivity index (χ1v) is 5.59. The number of nitrogens with two attached hydrogens (primary N) is 1. The van der Waals surface area contributed by atoms with Gasteiger partial charge in [-0.2, -0.15) is 0 Å². The zero-order valence-corrected chi connectivity index (χ0v) is 8.56. The molecule has 0 saturated carbocycles. The smallest absolute Gasteiger partial charge is 0.271 e. The highest BCUT2D eigenvalue weighted by Crippen LogP contribution is 2.19. The molecular weight excluding hydrogens is 236 g/mol. The van der Waals surface area contributed by atoms with E-state index in [1.807, 2.05) is 0 Å². The number of nitro groups is 1. The molecule has 0 atom stereocenters. The summed E-state index contributed by atoms with van der Waals surface area (Å²) in [4.78, 5) is 16.0. The molecule has 0 bridgehead atoms. The normalized spacial score (nSPS) is 11.8. The molecule has 2 aromatic rings. The second-order valence-corrected chi connectivity index (χ2v) is 4.52. The number of benzene rings is 1. The van der Waals surface area contributed by atoms with Gasteiger partial charge in [0.1, 0.15) is 0 Å². The first kappa shape index (κ1) is 10.5. The van der Waals surface area contributed by atoms with Crippen LogP contribution in [0.1, 0.15) is 0 Å². The molecule has 0 amide bonds. The Labute approximate surface area is 89.3 Å². The van der Waals surface area contributed by atoms with Crippen LogP contribution in [-0.2, 0) is 10.0 Å². The number of rotatable bonds is 2. The molecule has 0 spiro atoms. The van der Waals surface area contributed by atoms with Crippen molar-refractivity contribution in [3.63, 3.8) is 0 Å². The highest BCUT2D eigenvalue weighted by Gasteiger charge is 2.15. The molecule has 2 rings (SSSR count). The van der Waals surface area contributed by atoms with E-state index >= 15 is 0 Å². The van der Waals surface area contributed by atoms with Crippen molar-refractivity contribution in [3.8, 4) is 0 Å². The summed E-state index contributed by atoms with van der Waals surface area (Å²) in [6.45, 7) is 0. The number of nitrogens with zero attached hydrogens (tertiary/aromatic N) is 2. The molecule has 1 aromatic heterocycles. The summed E-state index contributed by atoms with van der Waals surface area (Å²) in [6.07, 6.45) is 0. The Morgan fingerprint density at radius 2 is 2.12 bits per heavy atom. The number of fused-ring (bicyclic) bond motifs is 1. The number of primary sulfonamides is 1. The Balaban J connectivity index is 2.68. The number of aromatic nitrogens is 2. The highest BCUT2D eigenvalue weighted by molar-refractivity contribution is 7.89. The van der Waals surface area contributed by atoms with Gasteiger partial charge in [0, 0.05) is 12.1 Å². The number of non-ortho nitro benzene ring substituents is 1. The van der Waals surface area contributed by atoms with Crippen LogP contribution in [0.2, 0.25) is 0 Å². The van der Waals surface area contributed by atoms with Crippen LogP contribution in [0.5, 0.6) is 0 Å². The van der Waals surface area contributed by atoms with E-state index in [1.54, 1.807) is 0 Å². The van der Waals surface area contributed by atoms with Gasteiger partial charge in [0.05, 0.1) is 16.0 Å². The first-order chi connectivity index (χ1) is 7.38. The lowest BCUT2D eigenvalue weighted by molar-refractivity contribution is -0.384. The second kappa shape index (κ2) is 3.25. The third-order valence-electron chi connectivity index (χ3n) is 1.92. The molecule has 1 heterocycles. The van der Waals surface area contributed by atoms with Crippen LogP contribution < -0.4 is 5.14 Å². The van der Waals surface area contributed by atoms with Crippen molar-refractivity contribution in [3.05, 3.63) is 28.3 Å². The van der Waals surface area contributed by atoms with Crippen LogP contribution in [0.4, 0.5) is 5.69 Å². The lowest BCUT2D eigenvalue weighted by Crippen LogP contribution is -2.13. The van der Waals surface area contributed by atoms with Crippen molar-refractivity contribution in [1.29, 1.82) is 0 Å². The van der Waals surface area contributed by atoms with E-state index in [4.69, 9.17) is 5.14 Å². The molecule has 3 N–H and O–H groups in total. The lowest BCUT2D eigenvalue weighted by atomic mass is 10.3. The fourth-order valence-corrected chi connectivity index (χ4v) is 1.70. The molecule has 0 aliphatic heterocycles. The van der Waals surface area contributed by atoms with Gasteiger partial charge in [-0.25, -0.2) is 18.5 Å². The third kappa shape index (κ3) is 1.73. The summed E-state index contributed by atoms with van der Waals surface area (Å²) in [5.41, 5.74) is 0.393. The van der Waals surface area contributed by atoms with Gasteiger partial charge in [0.25, 0.3) is 15.7 Å². The Hall–Kier alpha value is -2.00. The highest BCUT2D eigenvalue weighted by atomic mass is 32.2. The van der Waals surface area contributed by atoms with E-state index in [-0.39, 0.29) is 11.2 Å². The molecule has 16 heavy (non-hydrogen) atoms. The van der Waals surface area contributed by atoms with E-state index in [0.29, 0.717) is 5.52 Å². The number of H-pyrrole nitrogens is 1. The summed E-state index contributed by atoms with van der Waals surface area (Å²) >= 11 is 0. The van der Waals surface area contributed by atoms with Gasteiger partial charge in [0.2, 0.25) is 5.16 Å². The number of hydrogen-bond donors (Lipinski definition) is 2. The van der Waals surface area contributed by atoms with Crippen LogP contribution in [-0.4, -0.2) is 23.3 Å². The van der Waals surface area contributed by atoms with Crippen LogP contribution in [0.15, 0.2) is 23.4 Å². The molecule has 1 aromatic carbocycles. The molecule has 0 unspecified atom stereocenters. The van der Waals surface area contributed by atoms with Crippen LogP contribution in [0.25, 0.3) is 11.0 Å². The molecule has 0 saturated heterocycles. The van der Waals surface area contributed by atoms with Gasteiger partial charge in [-0.3, -0.25) is 10.1 Å². The number of sulfonamides is 1. The zero-order chi connectivity index (χ0) is 11.9. The van der Waals surface area contributed by atoms with Crippen LogP contribution in [0, 0.1) is 10.1 Å². The van der Waals surface area contributed by atoms with Crippen molar-refractivity contribution in [2.75, 3.05) is 0 Å². The maximum Gasteiger partial charge on any atom is 0.271 e. The maximum absolute atomic E-state index is 11.0. The Kier molecular flexibility index (Phi) is 2.14. The zero-order valence-electron chi connectivity index (χ0n) is 7.75. The first-order valence-electron chi connectivity index (χ1n) is 4.05. The van der Waals surface area contributed by atoms with Gasteiger partial charge in [0.15, 0.2) is 0 Å². The molecule has 8 nitrogen and oxygen atoms in total. The second-order valence-electron chi connectivity index (χ2n) is 3.05. The molecule has 9 heteroatoms. The van der Waals surface area contributed by atoms with Crippen molar-refractivity contribution in [1.82, 2.24) is 9.97 Å². The molecule has 84 valence electrons. The van der Waals surface area contributed by atoms with Crippen LogP contribution >= 0.6 is 0 Å². The summed E-state index contributed by atoms with van der Waals surface area (Å²) in [6, 6.07) is 3.77. The maximum atomic E-state index is 11.0. The van der Waals surface area contributed by atoms with Crippen LogP contribution in [0.3, 0.4) is 0 Å². The average molecular weight is 242 g/mol. The van der Waals surface area contributed by atoms with Crippen molar-refractivity contribution < 1.29 is 13.3 Å². The topological polar surface area (TPSA) is 132 Å². The predicted octanol–water partition coefficient (Wildman–Crippen LogP) is 0.119. The van der Waals surface area contributed by atoms with Gasteiger partial charge >= 0.3 is 0 Å². The number of aromatic amines is 1. The molecule has 0 aliphatic rings. The summed E-state index contributed by atoms with van der Waals surface area (Å²) in [5.74, 6) is 0. The lowest BCUT2D eigenvalue weighted by Gasteiger charge is -1.89. The van der Waals surface area contributed by atoms with E-state index in [0.717, 1.165) is 0 Å². The Bertz CT molecular complexity index is 675. The predicted molar refractivity (Wildman–Crippen MR) is 54.1 cm³/mol. The minimum Gasteiger partial charge on any atom is -0.327 e. The molecule has 0 aliphatic carbocycles. The van der Waals surface area contributed by atoms with Gasteiger partial charge in [-0.1, -0.05) is 0 Å². The monoisotopic (exact) mass is 242 g/mol. The van der Waals surface area contributed by atoms with E-state index in [1.165, 1.54) is 18.2 Å². The summed E-state index contributed by atoms with van der Waals surface area (Å²) < 4.78 is 21.9. The van der Waals surface area contributed by atoms with Gasteiger partial charge in [-0.05, 0) is 6.07 Å². The SMILES string of the molecule is NS(=O)(=O)c1nc2ccc([N+](=O)[O-])cc2[nH]1. The van der Waals surface area contributed by atoms with E-state index in [2.05, 4.69) is 9.97 Å². The number of imidazole rings is 1. The van der Waals surface area contributed by atoms with Gasteiger partial charge < -0.3 is 4.98 Å². The summed E-state index contributed by atoms with van der Waals surface area (Å²) in [7, 11) is -3.93. The number of hydrogen-bond acceptors (Lipinski definition) is 5. The number of nitrogens with one attached hydrogen (secondary N) is 1. The largest absolute Gasteiger partial charge is 0.327 e. The van der Waals surface area contributed by atoms with Crippen molar-refractivity contribution >= 4 is 26.7 Å². The van der Waals surface area contributed by atoms with E-state index < -0.39 is 20.1 Å². The molecular formula is C7H6N4O4S.